The molecule has 3 aliphatic rings. The lowest BCUT2D eigenvalue weighted by Crippen LogP contribution is -2.47. The van der Waals surface area contributed by atoms with E-state index in [2.05, 4.69) is 44.2 Å². The largest absolute Gasteiger partial charge is 0.396 e. The second kappa shape index (κ2) is 3.95. The van der Waals surface area contributed by atoms with E-state index in [1.807, 2.05) is 0 Å². The highest BCUT2D eigenvalue weighted by Crippen LogP contribution is 2.87. The number of benzene rings is 1. The first-order chi connectivity index (χ1) is 9.47. The second-order valence-electron chi connectivity index (χ2n) is 7.02. The molecule has 1 aromatic rings. The summed E-state index contributed by atoms with van der Waals surface area (Å²) in [6.07, 6.45) is 1.10. The summed E-state index contributed by atoms with van der Waals surface area (Å²) in [5, 5.41) is 9.94. The van der Waals surface area contributed by atoms with E-state index in [0.29, 0.717) is 17.2 Å². The Bertz CT molecular complexity index is 604. The highest BCUT2D eigenvalue weighted by molar-refractivity contribution is 8.15. The van der Waals surface area contributed by atoms with Gasteiger partial charge in [-0.05, 0) is 24.7 Å². The molecule has 2 bridgehead atoms. The molecular formula is C16H21O2PS. The fraction of sp³-hybridized carbons (Fsp3) is 0.625. The highest BCUT2D eigenvalue weighted by atomic mass is 32.4. The summed E-state index contributed by atoms with van der Waals surface area (Å²) in [5.74, 6) is 0.461. The molecule has 0 radical (unpaired) electrons. The summed E-state index contributed by atoms with van der Waals surface area (Å²) in [7, 11) is 0. The fourth-order valence-electron chi connectivity index (χ4n) is 5.29. The van der Waals surface area contributed by atoms with Gasteiger partial charge in [0, 0.05) is 22.7 Å². The molecule has 0 amide bonds. The molecule has 1 N–H and O–H groups in total. The van der Waals surface area contributed by atoms with Gasteiger partial charge in [0.05, 0.1) is 18.8 Å². The van der Waals surface area contributed by atoms with Crippen molar-refractivity contribution < 1.29 is 9.84 Å². The lowest BCUT2D eigenvalue weighted by molar-refractivity contribution is -0.0301. The van der Waals surface area contributed by atoms with Crippen LogP contribution < -0.4 is 0 Å². The first kappa shape index (κ1) is 13.5. The molecule has 20 heavy (non-hydrogen) atoms. The van der Waals surface area contributed by atoms with Crippen LogP contribution in [-0.4, -0.2) is 35.7 Å². The Hall–Kier alpha value is -0.210. The molecule has 3 heterocycles. The van der Waals surface area contributed by atoms with Crippen molar-refractivity contribution in [3.8, 4) is 0 Å². The van der Waals surface area contributed by atoms with Crippen LogP contribution in [0.15, 0.2) is 30.3 Å². The molecule has 0 saturated carbocycles. The zero-order valence-corrected chi connectivity index (χ0v) is 13.7. The van der Waals surface area contributed by atoms with Crippen LogP contribution in [0.4, 0.5) is 0 Å². The Balaban J connectivity index is 1.94. The molecule has 3 aliphatic heterocycles. The molecule has 4 rings (SSSR count). The maximum Gasteiger partial charge on any atom is 0.0830 e. The molecule has 0 unspecified atom stereocenters. The van der Waals surface area contributed by atoms with Gasteiger partial charge in [-0.2, -0.15) is 0 Å². The Labute approximate surface area is 125 Å². The van der Waals surface area contributed by atoms with Gasteiger partial charge in [0.15, 0.2) is 0 Å². The lowest BCUT2D eigenvalue weighted by Gasteiger charge is -2.45. The van der Waals surface area contributed by atoms with Crippen molar-refractivity contribution >= 4 is 17.8 Å². The van der Waals surface area contributed by atoms with E-state index in [4.69, 9.17) is 16.5 Å². The van der Waals surface area contributed by atoms with E-state index in [-0.39, 0.29) is 17.6 Å². The summed E-state index contributed by atoms with van der Waals surface area (Å²) >= 11 is 6.24. The molecule has 4 heteroatoms. The molecule has 0 aromatic heterocycles. The SMILES string of the molecule is C[C@]12C[P@]3(=S)[C@@H](CO)[C@H]1CO[C@@]2(C)[C@@H]3c1ccccc1. The fourth-order valence-corrected chi connectivity index (χ4v) is 13.3. The van der Waals surface area contributed by atoms with Crippen molar-refractivity contribution in [2.24, 2.45) is 11.3 Å². The van der Waals surface area contributed by atoms with Crippen LogP contribution in [0.3, 0.4) is 0 Å². The van der Waals surface area contributed by atoms with Gasteiger partial charge in [0.25, 0.3) is 0 Å². The molecule has 2 nitrogen and oxygen atoms in total. The van der Waals surface area contributed by atoms with Crippen LogP contribution in [0, 0.1) is 11.3 Å². The van der Waals surface area contributed by atoms with Crippen LogP contribution in [0.1, 0.15) is 25.1 Å². The summed E-state index contributed by atoms with van der Waals surface area (Å²) in [6, 6.07) is 8.99. The number of hydrogen-bond acceptors (Lipinski definition) is 3. The van der Waals surface area contributed by atoms with E-state index in [9.17, 15) is 5.11 Å². The molecule has 6 atom stereocenters. The van der Waals surface area contributed by atoms with Gasteiger partial charge in [-0.3, -0.25) is 0 Å². The number of aliphatic hydroxyl groups excluding tert-OH is 1. The minimum Gasteiger partial charge on any atom is -0.396 e. The average molecular weight is 308 g/mol. The molecule has 1 aromatic carbocycles. The Morgan fingerprint density at radius 2 is 2.05 bits per heavy atom. The third kappa shape index (κ3) is 1.27. The van der Waals surface area contributed by atoms with E-state index in [0.717, 1.165) is 12.8 Å². The maximum absolute atomic E-state index is 9.94. The topological polar surface area (TPSA) is 29.5 Å². The van der Waals surface area contributed by atoms with E-state index in [1.165, 1.54) is 5.56 Å². The number of rotatable bonds is 2. The molecule has 108 valence electrons. The van der Waals surface area contributed by atoms with Gasteiger partial charge >= 0.3 is 0 Å². The van der Waals surface area contributed by atoms with Crippen LogP contribution in [0.2, 0.25) is 0 Å². The number of ether oxygens (including phenoxy) is 1. The van der Waals surface area contributed by atoms with Gasteiger partial charge < -0.3 is 9.84 Å². The smallest absolute Gasteiger partial charge is 0.0830 e. The summed E-state index contributed by atoms with van der Waals surface area (Å²) in [5.41, 5.74) is 1.94. The van der Waals surface area contributed by atoms with E-state index >= 15 is 0 Å². The molecule has 3 saturated heterocycles. The quantitative estimate of drug-likeness (QED) is 0.852. The van der Waals surface area contributed by atoms with Crippen molar-refractivity contribution in [2.75, 3.05) is 19.4 Å². The highest BCUT2D eigenvalue weighted by Gasteiger charge is 2.77. The van der Waals surface area contributed by atoms with Gasteiger partial charge in [-0.1, -0.05) is 49.1 Å². The Kier molecular flexibility index (Phi) is 2.66. The average Bonchev–Trinajstić information content (AvgIpc) is 2.82. The third-order valence-corrected chi connectivity index (χ3v) is 12.7. The number of fused-ring (bicyclic) bond motifs is 1. The first-order valence-corrected chi connectivity index (χ1v) is 10.5. The number of hydrogen-bond donors (Lipinski definition) is 1. The van der Waals surface area contributed by atoms with Gasteiger partial charge in [0.2, 0.25) is 0 Å². The first-order valence-electron chi connectivity index (χ1n) is 7.35. The Morgan fingerprint density at radius 3 is 2.70 bits per heavy atom. The third-order valence-electron chi connectivity index (χ3n) is 6.38. The summed E-state index contributed by atoms with van der Waals surface area (Å²) in [6.45, 7) is 5.64. The van der Waals surface area contributed by atoms with Crippen LogP contribution in [0.25, 0.3) is 0 Å². The predicted octanol–water partition coefficient (Wildman–Crippen LogP) is 3.01. The molecule has 0 spiro atoms. The molecular weight excluding hydrogens is 287 g/mol. The minimum absolute atomic E-state index is 0.139. The normalized spacial score (nSPS) is 52.6. The van der Waals surface area contributed by atoms with Crippen LogP contribution in [-0.2, 0) is 16.5 Å². The van der Waals surface area contributed by atoms with Crippen molar-refractivity contribution in [3.05, 3.63) is 35.9 Å². The minimum atomic E-state index is -1.64. The second-order valence-corrected chi connectivity index (χ2v) is 12.3. The van der Waals surface area contributed by atoms with Crippen molar-refractivity contribution in [2.45, 2.75) is 30.8 Å². The van der Waals surface area contributed by atoms with Crippen molar-refractivity contribution in [1.82, 2.24) is 0 Å². The van der Waals surface area contributed by atoms with Gasteiger partial charge in [-0.15, -0.1) is 0 Å². The number of aliphatic hydroxyl groups is 1. The van der Waals surface area contributed by atoms with E-state index in [1.54, 1.807) is 0 Å². The van der Waals surface area contributed by atoms with Crippen molar-refractivity contribution in [3.63, 3.8) is 0 Å². The van der Waals surface area contributed by atoms with Gasteiger partial charge in [0.1, 0.15) is 0 Å². The molecule has 3 fully saturated rings. The van der Waals surface area contributed by atoms with Gasteiger partial charge in [-0.25, -0.2) is 0 Å². The predicted molar refractivity (Wildman–Crippen MR) is 85.2 cm³/mol. The Morgan fingerprint density at radius 1 is 1.35 bits per heavy atom. The summed E-state index contributed by atoms with van der Waals surface area (Å²) in [4.78, 5) is 0. The zero-order valence-electron chi connectivity index (χ0n) is 12.0. The van der Waals surface area contributed by atoms with Crippen LogP contribution in [0.5, 0.6) is 0 Å². The molecule has 0 aliphatic carbocycles. The summed E-state index contributed by atoms with van der Waals surface area (Å²) < 4.78 is 6.34. The van der Waals surface area contributed by atoms with Crippen molar-refractivity contribution in [1.29, 1.82) is 0 Å². The lowest BCUT2D eigenvalue weighted by atomic mass is 9.66. The van der Waals surface area contributed by atoms with E-state index < -0.39 is 6.04 Å². The zero-order chi connectivity index (χ0) is 14.2. The van der Waals surface area contributed by atoms with Crippen LogP contribution >= 0.6 is 6.04 Å². The maximum atomic E-state index is 9.94. The standard InChI is InChI=1S/C16H21O2PS/c1-15-10-19(20)13(8-17)12(15)9-18-16(15,2)14(19)11-6-4-3-5-7-11/h3-7,12-14,17H,8-10H2,1-2H3/t12-,13+,14+,15+,16+,19+/m1/s1. The monoisotopic (exact) mass is 308 g/mol.